The standard InChI is InChI=1S/C27H27F2N3O3/c1-4-5-9-21-23(18-8-6-7-17(14-18)15(2)3)25(33)24(26(34)30-21)27-32-31-22(35-27)13-16-10-11-19(28)20(29)12-16/h6-8,10-12,14-15H,4-5,9,13H2,1-3H3,(H2,30,33,34). The van der Waals surface area contributed by atoms with E-state index in [4.69, 9.17) is 4.42 Å². The Kier molecular flexibility index (Phi) is 7.10. The minimum absolute atomic E-state index is 0.0526. The van der Waals surface area contributed by atoms with Gasteiger partial charge in [-0.15, -0.1) is 10.2 Å². The van der Waals surface area contributed by atoms with E-state index in [1.165, 1.54) is 6.07 Å². The van der Waals surface area contributed by atoms with Crippen molar-refractivity contribution in [3.63, 3.8) is 0 Å². The maximum Gasteiger partial charge on any atom is 0.257 e. The summed E-state index contributed by atoms with van der Waals surface area (Å²) in [6.07, 6.45) is 2.38. The van der Waals surface area contributed by atoms with Crippen LogP contribution in [0.25, 0.3) is 22.6 Å². The summed E-state index contributed by atoms with van der Waals surface area (Å²) < 4.78 is 32.5. The Morgan fingerprint density at radius 1 is 0.971 bits per heavy atom. The molecule has 0 bridgehead atoms. The molecule has 2 aromatic heterocycles. The van der Waals surface area contributed by atoms with Crippen molar-refractivity contribution >= 4 is 0 Å². The van der Waals surface area contributed by atoms with Crippen molar-refractivity contribution in [1.29, 1.82) is 0 Å². The van der Waals surface area contributed by atoms with E-state index in [2.05, 4.69) is 36.0 Å². The number of hydrogen-bond acceptors (Lipinski definition) is 6. The van der Waals surface area contributed by atoms with Gasteiger partial charge in [-0.25, -0.2) is 13.8 Å². The maximum absolute atomic E-state index is 13.6. The number of nitrogens with zero attached hydrogens (tertiary/aromatic N) is 3. The molecule has 0 aliphatic rings. The number of rotatable bonds is 8. The first-order chi connectivity index (χ1) is 16.8. The van der Waals surface area contributed by atoms with E-state index < -0.39 is 17.5 Å². The van der Waals surface area contributed by atoms with Gasteiger partial charge in [-0.2, -0.15) is 0 Å². The molecular weight excluding hydrogens is 452 g/mol. The molecule has 0 aliphatic carbocycles. The largest absolute Gasteiger partial charge is 0.506 e. The molecule has 0 fully saturated rings. The smallest absolute Gasteiger partial charge is 0.257 e. The van der Waals surface area contributed by atoms with Gasteiger partial charge in [0, 0.05) is 5.56 Å². The summed E-state index contributed by atoms with van der Waals surface area (Å²) in [6.45, 7) is 6.23. The van der Waals surface area contributed by atoms with Crippen LogP contribution in [0.2, 0.25) is 0 Å². The second kappa shape index (κ2) is 10.2. The van der Waals surface area contributed by atoms with Crippen molar-refractivity contribution in [3.05, 3.63) is 76.8 Å². The molecule has 0 unspecified atom stereocenters. The van der Waals surface area contributed by atoms with Crippen LogP contribution < -0.4 is 0 Å². The second-order valence-electron chi connectivity index (χ2n) is 8.79. The first-order valence-electron chi connectivity index (χ1n) is 11.6. The van der Waals surface area contributed by atoms with Crippen molar-refractivity contribution in [2.45, 2.75) is 52.4 Å². The molecule has 2 aromatic carbocycles. The van der Waals surface area contributed by atoms with Gasteiger partial charge in [0.1, 0.15) is 11.3 Å². The summed E-state index contributed by atoms with van der Waals surface area (Å²) in [5.74, 6) is -2.25. The van der Waals surface area contributed by atoms with E-state index in [0.717, 1.165) is 36.1 Å². The van der Waals surface area contributed by atoms with Crippen LogP contribution >= 0.6 is 0 Å². The van der Waals surface area contributed by atoms with Crippen molar-refractivity contribution in [2.75, 3.05) is 0 Å². The average molecular weight is 480 g/mol. The predicted octanol–water partition coefficient (Wildman–Crippen LogP) is 6.54. The fraction of sp³-hybridized carbons (Fsp3) is 0.296. The lowest BCUT2D eigenvalue weighted by molar-refractivity contribution is 0.429. The zero-order valence-corrected chi connectivity index (χ0v) is 19.8. The van der Waals surface area contributed by atoms with Crippen LogP contribution in [0.15, 0.2) is 46.9 Å². The van der Waals surface area contributed by atoms with Crippen LogP contribution in [-0.4, -0.2) is 25.4 Å². The zero-order valence-electron chi connectivity index (χ0n) is 19.8. The summed E-state index contributed by atoms with van der Waals surface area (Å²) in [5.41, 5.74) is 3.33. The summed E-state index contributed by atoms with van der Waals surface area (Å²) in [4.78, 5) is 4.39. The third kappa shape index (κ3) is 5.16. The van der Waals surface area contributed by atoms with Crippen molar-refractivity contribution in [1.82, 2.24) is 15.2 Å². The molecule has 4 aromatic rings. The quantitative estimate of drug-likeness (QED) is 0.298. The van der Waals surface area contributed by atoms with Crippen LogP contribution in [0.3, 0.4) is 0 Å². The number of unbranched alkanes of at least 4 members (excludes halogenated alkanes) is 1. The Morgan fingerprint density at radius 2 is 1.77 bits per heavy atom. The van der Waals surface area contributed by atoms with Gasteiger partial charge < -0.3 is 14.6 Å². The number of halogens is 2. The first kappa shape index (κ1) is 24.3. The third-order valence-electron chi connectivity index (χ3n) is 5.86. The maximum atomic E-state index is 13.6. The van der Waals surface area contributed by atoms with E-state index >= 15 is 0 Å². The Balaban J connectivity index is 1.78. The van der Waals surface area contributed by atoms with E-state index in [-0.39, 0.29) is 35.4 Å². The molecule has 0 aliphatic heterocycles. The Morgan fingerprint density at radius 3 is 2.49 bits per heavy atom. The highest BCUT2D eigenvalue weighted by Gasteiger charge is 2.25. The molecule has 0 spiro atoms. The molecular formula is C27H27F2N3O3. The number of pyridine rings is 1. The van der Waals surface area contributed by atoms with E-state index in [1.54, 1.807) is 0 Å². The summed E-state index contributed by atoms with van der Waals surface area (Å²) >= 11 is 0. The lowest BCUT2D eigenvalue weighted by atomic mass is 9.93. The molecule has 6 nitrogen and oxygen atoms in total. The minimum Gasteiger partial charge on any atom is -0.506 e. The first-order valence-corrected chi connectivity index (χ1v) is 11.6. The fourth-order valence-corrected chi connectivity index (χ4v) is 3.94. The highest BCUT2D eigenvalue weighted by molar-refractivity contribution is 5.83. The number of benzene rings is 2. The molecule has 0 saturated heterocycles. The summed E-state index contributed by atoms with van der Waals surface area (Å²) in [6, 6.07) is 11.3. The molecule has 8 heteroatoms. The van der Waals surface area contributed by atoms with Gasteiger partial charge in [-0.05, 0) is 47.6 Å². The van der Waals surface area contributed by atoms with Crippen LogP contribution in [0.5, 0.6) is 11.6 Å². The SMILES string of the molecule is CCCCc1nc(O)c(-c2nnc(Cc3ccc(F)c(F)c3)o2)c(O)c1-c1cccc(C(C)C)c1. The Labute approximate surface area is 202 Å². The highest BCUT2D eigenvalue weighted by atomic mass is 19.2. The zero-order chi connectivity index (χ0) is 25.1. The summed E-state index contributed by atoms with van der Waals surface area (Å²) in [5, 5.41) is 30.0. The van der Waals surface area contributed by atoms with Crippen LogP contribution in [0, 0.1) is 11.6 Å². The molecule has 2 heterocycles. The molecule has 4 rings (SSSR count). The van der Waals surface area contributed by atoms with Gasteiger partial charge >= 0.3 is 0 Å². The van der Waals surface area contributed by atoms with Gasteiger partial charge in [0.25, 0.3) is 5.89 Å². The second-order valence-corrected chi connectivity index (χ2v) is 8.79. The van der Waals surface area contributed by atoms with Gasteiger partial charge in [-0.3, -0.25) is 0 Å². The van der Waals surface area contributed by atoms with Gasteiger partial charge in [0.15, 0.2) is 11.6 Å². The number of aryl methyl sites for hydroxylation is 1. The topological polar surface area (TPSA) is 92.3 Å². The lowest BCUT2D eigenvalue weighted by Gasteiger charge is -2.16. The molecule has 0 radical (unpaired) electrons. The van der Waals surface area contributed by atoms with Gasteiger partial charge in [0.2, 0.25) is 11.8 Å². The third-order valence-corrected chi connectivity index (χ3v) is 5.86. The van der Waals surface area contributed by atoms with Crippen molar-refractivity contribution < 1.29 is 23.4 Å². The minimum atomic E-state index is -0.974. The molecule has 0 saturated carbocycles. The molecule has 182 valence electrons. The van der Waals surface area contributed by atoms with Crippen molar-refractivity contribution in [3.8, 4) is 34.2 Å². The van der Waals surface area contributed by atoms with Crippen molar-refractivity contribution in [2.24, 2.45) is 0 Å². The lowest BCUT2D eigenvalue weighted by Crippen LogP contribution is -1.99. The van der Waals surface area contributed by atoms with Gasteiger partial charge in [-0.1, -0.05) is 57.5 Å². The average Bonchev–Trinajstić information content (AvgIpc) is 3.27. The molecule has 0 amide bonds. The molecule has 35 heavy (non-hydrogen) atoms. The number of aromatic nitrogens is 3. The Hall–Kier alpha value is -3.81. The Bertz CT molecular complexity index is 1350. The normalized spacial score (nSPS) is 11.4. The van der Waals surface area contributed by atoms with Crippen LogP contribution in [0.1, 0.15) is 62.2 Å². The van der Waals surface area contributed by atoms with E-state index in [0.29, 0.717) is 23.2 Å². The highest BCUT2D eigenvalue weighted by Crippen LogP contribution is 2.44. The van der Waals surface area contributed by atoms with Crippen LogP contribution in [-0.2, 0) is 12.8 Å². The molecule has 0 atom stereocenters. The predicted molar refractivity (Wildman–Crippen MR) is 128 cm³/mol. The van der Waals surface area contributed by atoms with E-state index in [9.17, 15) is 19.0 Å². The summed E-state index contributed by atoms with van der Waals surface area (Å²) in [7, 11) is 0. The monoisotopic (exact) mass is 479 g/mol. The van der Waals surface area contributed by atoms with Gasteiger partial charge in [0.05, 0.1) is 12.1 Å². The van der Waals surface area contributed by atoms with Crippen LogP contribution in [0.4, 0.5) is 8.78 Å². The number of aromatic hydroxyl groups is 2. The molecule has 2 N–H and O–H groups in total. The number of hydrogen-bond donors (Lipinski definition) is 2. The van der Waals surface area contributed by atoms with E-state index in [1.807, 2.05) is 24.3 Å². The fourth-order valence-electron chi connectivity index (χ4n) is 3.94.